The molecule has 0 bridgehead atoms. The number of hydrogen-bond donors (Lipinski definition) is 2. The Bertz CT molecular complexity index is 1180. The van der Waals surface area contributed by atoms with Crippen molar-refractivity contribution in [2.45, 2.75) is 32.0 Å². The topological polar surface area (TPSA) is 105 Å². The summed E-state index contributed by atoms with van der Waals surface area (Å²) in [7, 11) is 1.38. The summed E-state index contributed by atoms with van der Waals surface area (Å²) in [5, 5.41) is 5.03. The lowest BCUT2D eigenvalue weighted by atomic mass is 10.0. The van der Waals surface area contributed by atoms with Crippen LogP contribution >= 0.6 is 0 Å². The van der Waals surface area contributed by atoms with Gasteiger partial charge in [0.25, 0.3) is 5.91 Å². The van der Waals surface area contributed by atoms with Crippen LogP contribution < -0.4 is 15.4 Å². The van der Waals surface area contributed by atoms with Crippen LogP contribution in [0, 0.1) is 5.82 Å². The number of piperidine rings is 1. The first-order valence-electron chi connectivity index (χ1n) is 10.4. The van der Waals surface area contributed by atoms with E-state index in [-0.39, 0.29) is 43.0 Å². The van der Waals surface area contributed by atoms with Crippen molar-refractivity contribution in [3.8, 4) is 5.75 Å². The fraction of sp³-hybridized carbons (Fsp3) is 0.250. The first kappa shape index (κ1) is 22.2. The minimum absolute atomic E-state index is 0.128. The molecule has 33 heavy (non-hydrogen) atoms. The van der Waals surface area contributed by atoms with Crippen LogP contribution in [0.2, 0.25) is 0 Å². The number of fused-ring (bicyclic) bond motifs is 1. The van der Waals surface area contributed by atoms with Crippen molar-refractivity contribution in [3.63, 3.8) is 0 Å². The monoisotopic (exact) mass is 451 g/mol. The van der Waals surface area contributed by atoms with Crippen LogP contribution in [0.3, 0.4) is 0 Å². The van der Waals surface area contributed by atoms with E-state index in [2.05, 4.69) is 10.6 Å². The average molecular weight is 451 g/mol. The summed E-state index contributed by atoms with van der Waals surface area (Å²) in [5.74, 6) is -1.77. The lowest BCUT2D eigenvalue weighted by Gasteiger charge is -2.29. The molecule has 2 aromatic carbocycles. The summed E-state index contributed by atoms with van der Waals surface area (Å²) in [6.07, 6.45) is 3.31. The number of ether oxygens (including phenoxy) is 1. The van der Waals surface area contributed by atoms with Crippen molar-refractivity contribution < 1.29 is 28.3 Å². The first-order valence-corrected chi connectivity index (χ1v) is 10.4. The predicted octanol–water partition coefficient (Wildman–Crippen LogP) is 1.92. The van der Waals surface area contributed by atoms with Crippen molar-refractivity contribution in [2.75, 3.05) is 7.11 Å². The number of halogens is 1. The number of hydrogen-bond acceptors (Lipinski definition) is 5. The molecule has 1 fully saturated rings. The second-order valence-electron chi connectivity index (χ2n) is 7.84. The molecule has 1 atom stereocenters. The maximum absolute atomic E-state index is 13.7. The van der Waals surface area contributed by atoms with E-state index in [1.807, 2.05) is 6.07 Å². The summed E-state index contributed by atoms with van der Waals surface area (Å²) in [5.41, 5.74) is 2.59. The van der Waals surface area contributed by atoms with Crippen LogP contribution in [0.15, 0.2) is 42.5 Å². The SMILES string of the molecule is COc1ccc(C=CC(=O)NCc2ccc3c(c2)CN(C2CCC(=O)NC2=O)C3=O)cc1F. The molecule has 8 nitrogen and oxygen atoms in total. The average Bonchev–Trinajstić information content (AvgIpc) is 3.12. The summed E-state index contributed by atoms with van der Waals surface area (Å²) in [6, 6.07) is 8.97. The molecule has 0 saturated carbocycles. The molecule has 0 spiro atoms. The quantitative estimate of drug-likeness (QED) is 0.516. The van der Waals surface area contributed by atoms with E-state index in [1.54, 1.807) is 18.2 Å². The van der Waals surface area contributed by atoms with E-state index in [0.29, 0.717) is 17.5 Å². The molecule has 4 amide bonds. The van der Waals surface area contributed by atoms with Gasteiger partial charge in [0.05, 0.1) is 7.11 Å². The number of carbonyl (C=O) groups is 4. The lowest BCUT2D eigenvalue weighted by Crippen LogP contribution is -2.52. The molecular weight excluding hydrogens is 429 g/mol. The molecule has 9 heteroatoms. The highest BCUT2D eigenvalue weighted by molar-refractivity contribution is 6.05. The van der Waals surface area contributed by atoms with E-state index in [0.717, 1.165) is 11.1 Å². The number of methoxy groups -OCH3 is 1. The molecule has 2 aliphatic heterocycles. The maximum Gasteiger partial charge on any atom is 0.255 e. The van der Waals surface area contributed by atoms with Crippen molar-refractivity contribution in [1.29, 1.82) is 0 Å². The van der Waals surface area contributed by atoms with Crippen molar-refractivity contribution >= 4 is 29.7 Å². The molecule has 170 valence electrons. The molecule has 0 radical (unpaired) electrons. The number of nitrogens with zero attached hydrogens (tertiary/aromatic N) is 1. The highest BCUT2D eigenvalue weighted by Crippen LogP contribution is 2.28. The van der Waals surface area contributed by atoms with Gasteiger partial charge >= 0.3 is 0 Å². The second kappa shape index (κ2) is 9.23. The number of amides is 4. The molecule has 1 saturated heterocycles. The maximum atomic E-state index is 13.7. The van der Waals surface area contributed by atoms with Crippen molar-refractivity contribution in [1.82, 2.24) is 15.5 Å². The largest absolute Gasteiger partial charge is 0.494 e. The first-order chi connectivity index (χ1) is 15.9. The summed E-state index contributed by atoms with van der Waals surface area (Å²) in [4.78, 5) is 49.9. The van der Waals surface area contributed by atoms with E-state index in [4.69, 9.17) is 4.74 Å². The Labute approximate surface area is 189 Å². The van der Waals surface area contributed by atoms with Crippen LogP contribution in [-0.4, -0.2) is 41.7 Å². The molecule has 2 aliphatic rings. The molecular formula is C24H22FN3O5. The van der Waals surface area contributed by atoms with Crippen LogP contribution in [-0.2, 0) is 27.5 Å². The van der Waals surface area contributed by atoms with Crippen LogP contribution in [0.5, 0.6) is 5.75 Å². The standard InChI is InChI=1S/C24H22FN3O5/c1-33-20-7-3-14(11-18(20)25)4-8-21(29)26-12-15-2-5-17-16(10-15)13-28(24(17)32)19-6-9-22(30)27-23(19)31/h2-5,7-8,10-11,19H,6,9,12-13H2,1H3,(H,26,29)(H,27,30,31). The van der Waals surface area contributed by atoms with Crippen molar-refractivity contribution in [2.24, 2.45) is 0 Å². The van der Waals surface area contributed by atoms with Gasteiger partial charge in [-0.2, -0.15) is 0 Å². The van der Waals surface area contributed by atoms with Gasteiger partial charge in [0.1, 0.15) is 6.04 Å². The fourth-order valence-corrected chi connectivity index (χ4v) is 3.94. The Morgan fingerprint density at radius 1 is 1.24 bits per heavy atom. The van der Waals surface area contributed by atoms with E-state index in [9.17, 15) is 23.6 Å². The number of benzene rings is 2. The third kappa shape index (κ3) is 4.77. The van der Waals surface area contributed by atoms with Gasteiger partial charge in [-0.15, -0.1) is 0 Å². The Kier molecular flexibility index (Phi) is 6.21. The van der Waals surface area contributed by atoms with E-state index < -0.39 is 17.8 Å². The Morgan fingerprint density at radius 3 is 2.79 bits per heavy atom. The number of nitrogens with one attached hydrogen (secondary N) is 2. The minimum Gasteiger partial charge on any atom is -0.494 e. The third-order valence-electron chi connectivity index (χ3n) is 5.66. The summed E-state index contributed by atoms with van der Waals surface area (Å²) < 4.78 is 18.6. The normalized spacial score (nSPS) is 17.8. The van der Waals surface area contributed by atoms with Crippen LogP contribution in [0.4, 0.5) is 4.39 Å². The van der Waals surface area contributed by atoms with Gasteiger partial charge in [-0.25, -0.2) is 4.39 Å². The fourth-order valence-electron chi connectivity index (χ4n) is 3.94. The highest BCUT2D eigenvalue weighted by Gasteiger charge is 2.39. The number of rotatable bonds is 6. The Balaban J connectivity index is 1.36. The van der Waals surface area contributed by atoms with Gasteiger partial charge in [-0.3, -0.25) is 24.5 Å². The Hall–Kier alpha value is -4.01. The molecule has 1 unspecified atom stereocenters. The molecule has 0 aromatic heterocycles. The van der Waals surface area contributed by atoms with Crippen LogP contribution in [0.25, 0.3) is 6.08 Å². The molecule has 2 N–H and O–H groups in total. The van der Waals surface area contributed by atoms with Gasteiger partial charge in [-0.05, 0) is 47.4 Å². The van der Waals surface area contributed by atoms with Crippen molar-refractivity contribution in [3.05, 3.63) is 70.5 Å². The zero-order valence-electron chi connectivity index (χ0n) is 17.9. The lowest BCUT2D eigenvalue weighted by molar-refractivity contribution is -0.137. The van der Waals surface area contributed by atoms with Gasteiger partial charge in [0.15, 0.2) is 11.6 Å². The smallest absolute Gasteiger partial charge is 0.255 e. The third-order valence-corrected chi connectivity index (χ3v) is 5.66. The van der Waals surface area contributed by atoms with Gasteiger partial charge in [0, 0.05) is 31.1 Å². The zero-order valence-corrected chi connectivity index (χ0v) is 17.9. The molecule has 2 aromatic rings. The minimum atomic E-state index is -0.668. The van der Waals surface area contributed by atoms with Gasteiger partial charge < -0.3 is 15.0 Å². The van der Waals surface area contributed by atoms with E-state index in [1.165, 1.54) is 36.3 Å². The number of imide groups is 1. The number of carbonyl (C=O) groups excluding carboxylic acids is 4. The summed E-state index contributed by atoms with van der Waals surface area (Å²) >= 11 is 0. The molecule has 2 heterocycles. The molecule has 4 rings (SSSR count). The zero-order chi connectivity index (χ0) is 23.5. The van der Waals surface area contributed by atoms with Crippen LogP contribution in [0.1, 0.15) is 39.9 Å². The second-order valence-corrected chi connectivity index (χ2v) is 7.84. The molecule has 0 aliphatic carbocycles. The van der Waals surface area contributed by atoms with E-state index >= 15 is 0 Å². The predicted molar refractivity (Wildman–Crippen MR) is 116 cm³/mol. The summed E-state index contributed by atoms with van der Waals surface area (Å²) in [6.45, 7) is 0.505. The van der Waals surface area contributed by atoms with Gasteiger partial charge in [-0.1, -0.05) is 18.2 Å². The highest BCUT2D eigenvalue weighted by atomic mass is 19.1. The Morgan fingerprint density at radius 2 is 2.06 bits per heavy atom. The van der Waals surface area contributed by atoms with Gasteiger partial charge in [0.2, 0.25) is 17.7 Å².